The van der Waals surface area contributed by atoms with Crippen LogP contribution in [0.2, 0.25) is 0 Å². The van der Waals surface area contributed by atoms with Crippen molar-refractivity contribution in [1.29, 1.82) is 0 Å². The lowest BCUT2D eigenvalue weighted by Gasteiger charge is -2.14. The van der Waals surface area contributed by atoms with Gasteiger partial charge < -0.3 is 15.2 Å². The molecule has 1 rings (SSSR count). The average molecular weight is 258 g/mol. The lowest BCUT2D eigenvalue weighted by molar-refractivity contribution is -0.384. The van der Waals surface area contributed by atoms with Crippen molar-refractivity contribution in [3.05, 3.63) is 15.8 Å². The van der Waals surface area contributed by atoms with Crippen LogP contribution in [0.15, 0.2) is 0 Å². The summed E-state index contributed by atoms with van der Waals surface area (Å²) in [5, 5.41) is 26.4. The van der Waals surface area contributed by atoms with Crippen molar-refractivity contribution in [2.24, 2.45) is 7.05 Å². The fraction of sp³-hybridized carbons (Fsp3) is 0.556. The van der Waals surface area contributed by atoms with Gasteiger partial charge in [0, 0.05) is 7.05 Å². The molecule has 2 N–H and O–H groups in total. The monoisotopic (exact) mass is 258 g/mol. The van der Waals surface area contributed by atoms with E-state index in [2.05, 4.69) is 15.2 Å². The first kappa shape index (κ1) is 13.9. The molecule has 9 heteroatoms. The molecule has 0 aliphatic rings. The van der Waals surface area contributed by atoms with Gasteiger partial charge in [0.2, 0.25) is 5.82 Å². The molecule has 18 heavy (non-hydrogen) atoms. The van der Waals surface area contributed by atoms with Crippen LogP contribution in [0.1, 0.15) is 5.69 Å². The molecule has 1 heterocycles. The zero-order chi connectivity index (χ0) is 13.9. The van der Waals surface area contributed by atoms with Crippen LogP contribution in [-0.2, 0) is 16.6 Å². The van der Waals surface area contributed by atoms with E-state index in [-0.39, 0.29) is 17.2 Å². The highest BCUT2D eigenvalue weighted by Gasteiger charge is 2.28. The molecular formula is C9H14N4O5. The Morgan fingerprint density at radius 3 is 2.78 bits per heavy atom. The third-order valence-corrected chi connectivity index (χ3v) is 2.35. The molecule has 0 radical (unpaired) electrons. The lowest BCUT2D eigenvalue weighted by Crippen LogP contribution is -2.35. The van der Waals surface area contributed by atoms with E-state index in [9.17, 15) is 14.9 Å². The predicted octanol–water partition coefficient (Wildman–Crippen LogP) is -0.417. The van der Waals surface area contributed by atoms with Gasteiger partial charge in [-0.05, 0) is 6.92 Å². The second-order valence-electron chi connectivity index (χ2n) is 3.57. The molecule has 0 amide bonds. The number of methoxy groups -OCH3 is 1. The Hall–Kier alpha value is -2.16. The number of carbonyl (C=O) groups excluding carboxylic acids is 1. The fourth-order valence-corrected chi connectivity index (χ4v) is 1.51. The molecule has 1 aromatic rings. The van der Waals surface area contributed by atoms with E-state index < -0.39 is 23.5 Å². The maximum Gasteiger partial charge on any atom is 0.333 e. The van der Waals surface area contributed by atoms with Crippen molar-refractivity contribution in [2.45, 2.75) is 13.0 Å². The lowest BCUT2D eigenvalue weighted by atomic mass is 10.3. The summed E-state index contributed by atoms with van der Waals surface area (Å²) < 4.78 is 5.70. The van der Waals surface area contributed by atoms with Crippen molar-refractivity contribution >= 4 is 17.5 Å². The molecule has 0 bridgehead atoms. The molecule has 0 spiro atoms. The third kappa shape index (κ3) is 2.56. The highest BCUT2D eigenvalue weighted by atomic mass is 16.6. The number of carbonyl (C=O) groups is 1. The summed E-state index contributed by atoms with van der Waals surface area (Å²) in [6, 6.07) is -1.08. The Kier molecular flexibility index (Phi) is 4.21. The normalized spacial score (nSPS) is 12.0. The van der Waals surface area contributed by atoms with Crippen molar-refractivity contribution in [3.63, 3.8) is 0 Å². The van der Waals surface area contributed by atoms with Crippen LogP contribution in [0.3, 0.4) is 0 Å². The van der Waals surface area contributed by atoms with E-state index >= 15 is 0 Å². The number of ether oxygens (including phenoxy) is 1. The van der Waals surface area contributed by atoms with E-state index in [0.717, 1.165) is 7.11 Å². The number of hydrogen-bond acceptors (Lipinski definition) is 7. The van der Waals surface area contributed by atoms with Gasteiger partial charge >= 0.3 is 11.7 Å². The van der Waals surface area contributed by atoms with Crippen LogP contribution in [0.25, 0.3) is 0 Å². The summed E-state index contributed by atoms with van der Waals surface area (Å²) >= 11 is 0. The van der Waals surface area contributed by atoms with Crippen molar-refractivity contribution in [2.75, 3.05) is 19.0 Å². The third-order valence-electron chi connectivity index (χ3n) is 2.35. The Morgan fingerprint density at radius 1 is 1.72 bits per heavy atom. The standard InChI is InChI=1S/C9H14N4O5/c1-5-7(13(16)17)8(12(2)11-5)10-6(4-14)9(15)18-3/h6,10,14H,4H2,1-3H3. The molecule has 0 fully saturated rings. The van der Waals surface area contributed by atoms with Crippen LogP contribution in [0.4, 0.5) is 11.5 Å². The Bertz CT molecular complexity index is 470. The Morgan fingerprint density at radius 2 is 2.33 bits per heavy atom. The molecule has 0 saturated carbocycles. The molecule has 0 aliphatic heterocycles. The number of rotatable bonds is 5. The van der Waals surface area contributed by atoms with E-state index in [1.807, 2.05) is 0 Å². The summed E-state index contributed by atoms with van der Waals surface area (Å²) in [4.78, 5) is 21.6. The highest BCUT2D eigenvalue weighted by molar-refractivity contribution is 5.80. The van der Waals surface area contributed by atoms with E-state index in [0.29, 0.717) is 0 Å². The average Bonchev–Trinajstić information content (AvgIpc) is 2.59. The number of aryl methyl sites for hydroxylation is 2. The van der Waals surface area contributed by atoms with Gasteiger partial charge in [0.05, 0.1) is 18.6 Å². The first-order valence-electron chi connectivity index (χ1n) is 5.05. The van der Waals surface area contributed by atoms with E-state index in [1.54, 1.807) is 0 Å². The van der Waals surface area contributed by atoms with Crippen LogP contribution < -0.4 is 5.32 Å². The van der Waals surface area contributed by atoms with Crippen LogP contribution in [-0.4, -0.2) is 45.5 Å². The number of esters is 1. The van der Waals surface area contributed by atoms with Gasteiger partial charge in [0.1, 0.15) is 11.7 Å². The van der Waals surface area contributed by atoms with Crippen LogP contribution >= 0.6 is 0 Å². The molecule has 1 unspecified atom stereocenters. The Balaban J connectivity index is 3.10. The number of aliphatic hydroxyl groups excluding tert-OH is 1. The maximum atomic E-state index is 11.3. The molecule has 9 nitrogen and oxygen atoms in total. The van der Waals surface area contributed by atoms with Gasteiger partial charge in [0.25, 0.3) is 0 Å². The summed E-state index contributed by atoms with van der Waals surface area (Å²) in [5.41, 5.74) is -0.0218. The predicted molar refractivity (Wildman–Crippen MR) is 61.1 cm³/mol. The second kappa shape index (κ2) is 5.45. The molecule has 1 atom stereocenters. The molecular weight excluding hydrogens is 244 g/mol. The number of nitrogens with one attached hydrogen (secondary N) is 1. The smallest absolute Gasteiger partial charge is 0.333 e. The van der Waals surface area contributed by atoms with E-state index in [4.69, 9.17) is 5.11 Å². The van der Waals surface area contributed by atoms with E-state index in [1.165, 1.54) is 18.7 Å². The quantitative estimate of drug-likeness (QED) is 0.418. The molecule has 0 aromatic carbocycles. The maximum absolute atomic E-state index is 11.3. The molecule has 0 aliphatic carbocycles. The number of nitro groups is 1. The van der Waals surface area contributed by atoms with Gasteiger partial charge in [-0.25, -0.2) is 9.48 Å². The number of hydrogen-bond donors (Lipinski definition) is 2. The summed E-state index contributed by atoms with van der Waals surface area (Å²) in [6.07, 6.45) is 0. The largest absolute Gasteiger partial charge is 0.467 e. The highest BCUT2D eigenvalue weighted by Crippen LogP contribution is 2.27. The SMILES string of the molecule is COC(=O)C(CO)Nc1c([N+](=O)[O-])c(C)nn1C. The molecule has 0 saturated heterocycles. The topological polar surface area (TPSA) is 120 Å². The second-order valence-corrected chi connectivity index (χ2v) is 3.57. The van der Waals surface area contributed by atoms with Gasteiger partial charge in [-0.15, -0.1) is 0 Å². The van der Waals surface area contributed by atoms with Gasteiger partial charge in [-0.3, -0.25) is 10.1 Å². The number of aromatic nitrogens is 2. The first-order chi connectivity index (χ1) is 8.42. The number of nitrogens with zero attached hydrogens (tertiary/aromatic N) is 3. The summed E-state index contributed by atoms with van der Waals surface area (Å²) in [7, 11) is 2.66. The molecule has 1 aromatic heterocycles. The zero-order valence-corrected chi connectivity index (χ0v) is 10.2. The zero-order valence-electron chi connectivity index (χ0n) is 10.2. The number of anilines is 1. The minimum atomic E-state index is -1.08. The minimum absolute atomic E-state index is 0.0435. The van der Waals surface area contributed by atoms with Gasteiger partial charge in [-0.2, -0.15) is 5.10 Å². The fourth-order valence-electron chi connectivity index (χ4n) is 1.51. The molecule has 100 valence electrons. The van der Waals surface area contributed by atoms with Crippen LogP contribution in [0, 0.1) is 17.0 Å². The van der Waals surface area contributed by atoms with Crippen molar-refractivity contribution in [3.8, 4) is 0 Å². The van der Waals surface area contributed by atoms with Crippen LogP contribution in [0.5, 0.6) is 0 Å². The Labute approximate surface area is 103 Å². The van der Waals surface area contributed by atoms with Crippen molar-refractivity contribution < 1.29 is 19.6 Å². The van der Waals surface area contributed by atoms with Gasteiger partial charge in [0.15, 0.2) is 0 Å². The summed E-state index contributed by atoms with van der Waals surface area (Å²) in [5.74, 6) is -0.674. The first-order valence-corrected chi connectivity index (χ1v) is 5.05. The number of aliphatic hydroxyl groups is 1. The van der Waals surface area contributed by atoms with Gasteiger partial charge in [-0.1, -0.05) is 0 Å². The van der Waals surface area contributed by atoms with Crippen molar-refractivity contribution in [1.82, 2.24) is 9.78 Å². The minimum Gasteiger partial charge on any atom is -0.467 e. The summed E-state index contributed by atoms with van der Waals surface area (Å²) in [6.45, 7) is 0.934.